The first-order valence-corrected chi connectivity index (χ1v) is 7.95. The number of carbonyl (C=O) groups excluding carboxylic acids is 1. The summed E-state index contributed by atoms with van der Waals surface area (Å²) >= 11 is 0. The maximum absolute atomic E-state index is 12.3. The number of nitrogens with zero attached hydrogens (tertiary/aromatic N) is 3. The molecule has 1 aromatic rings. The number of fused-ring (bicyclic) bond motifs is 1. The van der Waals surface area contributed by atoms with Gasteiger partial charge < -0.3 is 9.80 Å². The maximum Gasteiger partial charge on any atom is 0.224 e. The second-order valence-corrected chi connectivity index (χ2v) is 6.52. The van der Waals surface area contributed by atoms with Crippen molar-refractivity contribution in [1.82, 2.24) is 9.80 Å². The number of rotatable bonds is 3. The van der Waals surface area contributed by atoms with Crippen LogP contribution in [0.1, 0.15) is 30.5 Å². The molecule has 2 aliphatic heterocycles. The van der Waals surface area contributed by atoms with E-state index < -0.39 is 0 Å². The van der Waals surface area contributed by atoms with E-state index >= 15 is 0 Å². The lowest BCUT2D eigenvalue weighted by atomic mass is 9.96. The van der Waals surface area contributed by atoms with Crippen LogP contribution in [0.2, 0.25) is 0 Å². The van der Waals surface area contributed by atoms with Gasteiger partial charge in [0.1, 0.15) is 5.84 Å². The van der Waals surface area contributed by atoms with Crippen LogP contribution in [0.4, 0.5) is 0 Å². The molecule has 2 heterocycles. The van der Waals surface area contributed by atoms with Crippen LogP contribution in [-0.4, -0.2) is 41.7 Å². The Balaban J connectivity index is 1.95. The summed E-state index contributed by atoms with van der Waals surface area (Å²) in [5.74, 6) is 1.07. The lowest BCUT2D eigenvalue weighted by Gasteiger charge is -2.29. The maximum atomic E-state index is 12.3. The summed E-state index contributed by atoms with van der Waals surface area (Å²) in [6.07, 6.45) is 6.66. The molecule has 0 aliphatic carbocycles. The second kappa shape index (κ2) is 6.03. The van der Waals surface area contributed by atoms with E-state index in [2.05, 4.69) is 55.3 Å². The highest BCUT2D eigenvalue weighted by Gasteiger charge is 2.37. The van der Waals surface area contributed by atoms with Gasteiger partial charge in [0.15, 0.2) is 0 Å². The number of amides is 1. The Hall–Kier alpha value is -2.36. The summed E-state index contributed by atoms with van der Waals surface area (Å²) in [5, 5.41) is 0. The fourth-order valence-electron chi connectivity index (χ4n) is 3.01. The Morgan fingerprint density at radius 1 is 1.17 bits per heavy atom. The fraction of sp³-hybridized carbons (Fsp3) is 0.368. The first-order valence-electron chi connectivity index (χ1n) is 7.95. The van der Waals surface area contributed by atoms with Crippen molar-refractivity contribution < 1.29 is 4.79 Å². The average molecular weight is 309 g/mol. The fourth-order valence-corrected chi connectivity index (χ4v) is 3.01. The minimum Gasteiger partial charge on any atom is -0.349 e. The summed E-state index contributed by atoms with van der Waals surface area (Å²) in [7, 11) is 3.61. The van der Waals surface area contributed by atoms with Crippen molar-refractivity contribution in [2.45, 2.75) is 32.4 Å². The average Bonchev–Trinajstić information content (AvgIpc) is 2.86. The molecule has 1 aromatic carbocycles. The van der Waals surface area contributed by atoms with Crippen molar-refractivity contribution in [3.05, 3.63) is 59.3 Å². The molecule has 4 heteroatoms. The number of hydrogen-bond acceptors (Lipinski definition) is 3. The molecule has 2 unspecified atom stereocenters. The number of allylic oxidation sites excluding steroid dienone is 2. The SMILES string of the molecule is CC1=CN2C(=NC(c3ccc(C)cc3)C2CC(=O)N(C)C)C=C1. The summed E-state index contributed by atoms with van der Waals surface area (Å²) < 4.78 is 0. The predicted octanol–water partition coefficient (Wildman–Crippen LogP) is 3.07. The van der Waals surface area contributed by atoms with E-state index in [9.17, 15) is 4.79 Å². The van der Waals surface area contributed by atoms with Crippen molar-refractivity contribution in [1.29, 1.82) is 0 Å². The monoisotopic (exact) mass is 309 g/mol. The van der Waals surface area contributed by atoms with Gasteiger partial charge in [0.25, 0.3) is 0 Å². The molecule has 4 nitrogen and oxygen atoms in total. The summed E-state index contributed by atoms with van der Waals surface area (Å²) in [6.45, 7) is 4.15. The second-order valence-electron chi connectivity index (χ2n) is 6.52. The van der Waals surface area contributed by atoms with Gasteiger partial charge in [-0.3, -0.25) is 9.79 Å². The van der Waals surface area contributed by atoms with Gasteiger partial charge in [-0.05, 0) is 31.1 Å². The number of aryl methyl sites for hydroxylation is 1. The van der Waals surface area contributed by atoms with Crippen molar-refractivity contribution in [3.63, 3.8) is 0 Å². The molecular formula is C19H23N3O. The Labute approximate surface area is 137 Å². The molecule has 0 fully saturated rings. The summed E-state index contributed by atoms with van der Waals surface area (Å²) in [5.41, 5.74) is 3.57. The lowest BCUT2D eigenvalue weighted by Crippen LogP contribution is -2.38. The van der Waals surface area contributed by atoms with Crippen LogP contribution in [-0.2, 0) is 4.79 Å². The predicted molar refractivity (Wildman–Crippen MR) is 93.2 cm³/mol. The Morgan fingerprint density at radius 3 is 2.52 bits per heavy atom. The van der Waals surface area contributed by atoms with Crippen LogP contribution < -0.4 is 0 Å². The van der Waals surface area contributed by atoms with Crippen LogP contribution >= 0.6 is 0 Å². The quantitative estimate of drug-likeness (QED) is 0.860. The molecule has 3 rings (SSSR count). The van der Waals surface area contributed by atoms with Gasteiger partial charge in [0.2, 0.25) is 5.91 Å². The van der Waals surface area contributed by atoms with E-state index in [-0.39, 0.29) is 18.0 Å². The van der Waals surface area contributed by atoms with Gasteiger partial charge >= 0.3 is 0 Å². The van der Waals surface area contributed by atoms with Gasteiger partial charge in [-0.25, -0.2) is 0 Å². The van der Waals surface area contributed by atoms with Gasteiger partial charge in [0, 0.05) is 26.7 Å². The molecule has 0 radical (unpaired) electrons. The zero-order valence-corrected chi connectivity index (χ0v) is 14.2. The van der Waals surface area contributed by atoms with E-state index in [1.54, 1.807) is 19.0 Å². The smallest absolute Gasteiger partial charge is 0.224 e. The summed E-state index contributed by atoms with van der Waals surface area (Å²) in [6, 6.07) is 8.47. The van der Waals surface area contributed by atoms with E-state index in [1.807, 2.05) is 6.08 Å². The standard InChI is InChI=1S/C19H23N3O/c1-13-5-8-15(9-6-13)19-16(11-18(23)21(3)4)22-12-14(2)7-10-17(22)20-19/h5-10,12,16,19H,11H2,1-4H3. The molecule has 2 aliphatic rings. The highest BCUT2D eigenvalue weighted by atomic mass is 16.2. The topological polar surface area (TPSA) is 35.9 Å². The van der Waals surface area contributed by atoms with Crippen molar-refractivity contribution in [2.24, 2.45) is 4.99 Å². The van der Waals surface area contributed by atoms with Crippen LogP contribution in [0.3, 0.4) is 0 Å². The molecule has 0 saturated heterocycles. The molecule has 0 bridgehead atoms. The molecule has 120 valence electrons. The highest BCUT2D eigenvalue weighted by Crippen LogP contribution is 2.36. The Kier molecular flexibility index (Phi) is 4.07. The zero-order chi connectivity index (χ0) is 16.6. The summed E-state index contributed by atoms with van der Waals surface area (Å²) in [4.78, 5) is 21.0. The lowest BCUT2D eigenvalue weighted by molar-refractivity contribution is -0.129. The van der Waals surface area contributed by atoms with Gasteiger partial charge in [-0.1, -0.05) is 35.9 Å². The van der Waals surface area contributed by atoms with Crippen molar-refractivity contribution in [2.75, 3.05) is 14.1 Å². The Morgan fingerprint density at radius 2 is 1.87 bits per heavy atom. The molecule has 0 spiro atoms. The third-order valence-corrected chi connectivity index (χ3v) is 4.40. The molecule has 1 amide bonds. The normalized spacial score (nSPS) is 22.5. The Bertz CT molecular complexity index is 698. The minimum atomic E-state index is -0.0127. The largest absolute Gasteiger partial charge is 0.349 e. The molecule has 2 atom stereocenters. The number of carbonyl (C=O) groups is 1. The van der Waals surface area contributed by atoms with Crippen LogP contribution in [0.15, 0.2) is 53.2 Å². The van der Waals surface area contributed by atoms with Crippen LogP contribution in [0.5, 0.6) is 0 Å². The minimum absolute atomic E-state index is 0.0127. The highest BCUT2D eigenvalue weighted by molar-refractivity contribution is 5.97. The van der Waals surface area contributed by atoms with Gasteiger partial charge in [0.05, 0.1) is 12.1 Å². The number of benzene rings is 1. The van der Waals surface area contributed by atoms with Gasteiger partial charge in [-0.15, -0.1) is 0 Å². The number of amidine groups is 1. The third-order valence-electron chi connectivity index (χ3n) is 4.40. The number of aliphatic imine (C=N–C) groups is 1. The van der Waals surface area contributed by atoms with E-state index in [0.29, 0.717) is 6.42 Å². The molecule has 0 saturated carbocycles. The zero-order valence-electron chi connectivity index (χ0n) is 14.2. The van der Waals surface area contributed by atoms with E-state index in [0.717, 1.165) is 11.4 Å². The van der Waals surface area contributed by atoms with Crippen molar-refractivity contribution >= 4 is 11.7 Å². The number of hydrogen-bond donors (Lipinski definition) is 0. The first-order chi connectivity index (χ1) is 11.0. The van der Waals surface area contributed by atoms with Gasteiger partial charge in [-0.2, -0.15) is 0 Å². The molecule has 0 aromatic heterocycles. The van der Waals surface area contributed by atoms with Crippen molar-refractivity contribution in [3.8, 4) is 0 Å². The van der Waals surface area contributed by atoms with E-state index in [4.69, 9.17) is 4.99 Å². The van der Waals surface area contributed by atoms with Crippen LogP contribution in [0.25, 0.3) is 0 Å². The first kappa shape index (κ1) is 15.5. The molecular weight excluding hydrogens is 286 g/mol. The van der Waals surface area contributed by atoms with E-state index in [1.165, 1.54) is 11.1 Å². The molecule has 23 heavy (non-hydrogen) atoms. The third kappa shape index (κ3) is 3.07. The molecule has 0 N–H and O–H groups in total. The van der Waals surface area contributed by atoms with Crippen LogP contribution in [0, 0.1) is 6.92 Å².